The van der Waals surface area contributed by atoms with Gasteiger partial charge < -0.3 is 15.5 Å². The van der Waals surface area contributed by atoms with Gasteiger partial charge in [0.2, 0.25) is 0 Å². The van der Waals surface area contributed by atoms with E-state index in [-0.39, 0.29) is 17.1 Å². The summed E-state index contributed by atoms with van der Waals surface area (Å²) in [6.07, 6.45) is 3.41. The summed E-state index contributed by atoms with van der Waals surface area (Å²) in [5.41, 5.74) is 6.65. The molecule has 0 saturated carbocycles. The number of rotatable bonds is 3. The van der Waals surface area contributed by atoms with Crippen molar-refractivity contribution < 1.29 is 4.79 Å². The Balaban J connectivity index is 2.05. The number of carbonyl (C=O) groups excluding carboxylic acids is 1. The number of likely N-dealkylation sites (tertiary alicyclic amines) is 1. The van der Waals surface area contributed by atoms with Gasteiger partial charge in [-0.2, -0.15) is 0 Å². The second-order valence-electron chi connectivity index (χ2n) is 5.87. The van der Waals surface area contributed by atoms with Crippen LogP contribution in [0.3, 0.4) is 0 Å². The molecule has 5 nitrogen and oxygen atoms in total. The number of aromatic nitrogens is 1. The molecule has 2 rings (SSSR count). The summed E-state index contributed by atoms with van der Waals surface area (Å²) in [5, 5.41) is 0.288. The summed E-state index contributed by atoms with van der Waals surface area (Å²) in [6, 6.07) is 2.35. The van der Waals surface area contributed by atoms with Crippen LogP contribution in [0.2, 0.25) is 5.15 Å². The number of pyridine rings is 1. The Morgan fingerprint density at radius 1 is 1.48 bits per heavy atom. The fourth-order valence-corrected chi connectivity index (χ4v) is 2.93. The van der Waals surface area contributed by atoms with Crippen molar-refractivity contribution in [3.63, 3.8) is 0 Å². The van der Waals surface area contributed by atoms with E-state index in [4.69, 9.17) is 17.3 Å². The van der Waals surface area contributed by atoms with Crippen LogP contribution in [0, 0.1) is 0 Å². The topological polar surface area (TPSA) is 62.5 Å². The third kappa shape index (κ3) is 3.66. The van der Waals surface area contributed by atoms with Crippen molar-refractivity contribution in [2.24, 2.45) is 0 Å². The number of hydrogen-bond donors (Lipinski definition) is 1. The van der Waals surface area contributed by atoms with Gasteiger partial charge in [-0.15, -0.1) is 0 Å². The molecule has 1 saturated heterocycles. The van der Waals surface area contributed by atoms with Crippen LogP contribution in [-0.2, 0) is 0 Å². The van der Waals surface area contributed by atoms with Gasteiger partial charge in [0, 0.05) is 32.2 Å². The number of anilines is 1. The average molecular weight is 311 g/mol. The molecule has 0 aliphatic carbocycles. The van der Waals surface area contributed by atoms with E-state index in [1.165, 1.54) is 6.20 Å². The SMILES string of the molecule is CC(C)N1CCC(N(C)C(=O)c2cc(Cl)ncc2N)CC1. The molecule has 0 aromatic carbocycles. The molecule has 2 heterocycles. The largest absolute Gasteiger partial charge is 0.397 e. The molecule has 0 atom stereocenters. The number of halogens is 1. The maximum Gasteiger partial charge on any atom is 0.256 e. The zero-order chi connectivity index (χ0) is 15.6. The second kappa shape index (κ2) is 6.62. The standard InChI is InChI=1S/C15H23ClN4O/c1-10(2)20-6-4-11(5-7-20)19(3)15(21)12-8-14(16)18-9-13(12)17/h8-11H,4-7,17H2,1-3H3. The molecule has 1 amide bonds. The van der Waals surface area contributed by atoms with Gasteiger partial charge in [0.05, 0.1) is 17.4 Å². The maximum absolute atomic E-state index is 12.6. The second-order valence-corrected chi connectivity index (χ2v) is 6.26. The lowest BCUT2D eigenvalue weighted by Crippen LogP contribution is -2.47. The highest BCUT2D eigenvalue weighted by molar-refractivity contribution is 6.29. The third-order valence-corrected chi connectivity index (χ3v) is 4.44. The first-order chi connectivity index (χ1) is 9.90. The minimum absolute atomic E-state index is 0.0835. The van der Waals surface area contributed by atoms with Crippen molar-refractivity contribution >= 4 is 23.2 Å². The molecule has 0 bridgehead atoms. The molecule has 21 heavy (non-hydrogen) atoms. The van der Waals surface area contributed by atoms with Gasteiger partial charge in [-0.3, -0.25) is 4.79 Å². The van der Waals surface area contributed by atoms with Gasteiger partial charge in [-0.05, 0) is 32.8 Å². The fraction of sp³-hybridized carbons (Fsp3) is 0.600. The van der Waals surface area contributed by atoms with Crippen LogP contribution in [0.5, 0.6) is 0 Å². The lowest BCUT2D eigenvalue weighted by Gasteiger charge is -2.38. The summed E-state index contributed by atoms with van der Waals surface area (Å²) >= 11 is 5.86. The smallest absolute Gasteiger partial charge is 0.256 e. The summed E-state index contributed by atoms with van der Waals surface area (Å²) in [6.45, 7) is 6.45. The van der Waals surface area contributed by atoms with Crippen LogP contribution in [-0.4, -0.2) is 52.9 Å². The predicted molar refractivity (Wildman–Crippen MR) is 85.5 cm³/mol. The molecule has 1 fully saturated rings. The molecule has 1 aliphatic heterocycles. The van der Waals surface area contributed by atoms with Gasteiger partial charge in [0.25, 0.3) is 5.91 Å². The molecular formula is C15H23ClN4O. The van der Waals surface area contributed by atoms with E-state index in [0.29, 0.717) is 17.3 Å². The zero-order valence-corrected chi connectivity index (χ0v) is 13.6. The van der Waals surface area contributed by atoms with E-state index in [1.54, 1.807) is 11.0 Å². The van der Waals surface area contributed by atoms with Gasteiger partial charge >= 0.3 is 0 Å². The Morgan fingerprint density at radius 2 is 2.10 bits per heavy atom. The monoisotopic (exact) mass is 310 g/mol. The number of nitrogens with two attached hydrogens (primary N) is 1. The minimum atomic E-state index is -0.0835. The molecule has 0 unspecified atom stereocenters. The highest BCUT2D eigenvalue weighted by Crippen LogP contribution is 2.22. The molecule has 1 aromatic rings. The fourth-order valence-electron chi connectivity index (χ4n) is 2.77. The van der Waals surface area contributed by atoms with E-state index < -0.39 is 0 Å². The molecule has 0 radical (unpaired) electrons. The van der Waals surface area contributed by atoms with Crippen molar-refractivity contribution in [3.05, 3.63) is 23.0 Å². The zero-order valence-electron chi connectivity index (χ0n) is 12.8. The van der Waals surface area contributed by atoms with E-state index in [0.717, 1.165) is 25.9 Å². The lowest BCUT2D eigenvalue weighted by atomic mass is 10.0. The Morgan fingerprint density at radius 3 is 2.67 bits per heavy atom. The molecule has 0 spiro atoms. The summed E-state index contributed by atoms with van der Waals surface area (Å²) < 4.78 is 0. The predicted octanol–water partition coefficient (Wildman–Crippen LogP) is 2.26. The van der Waals surface area contributed by atoms with Crippen LogP contribution < -0.4 is 5.73 Å². The molecule has 116 valence electrons. The minimum Gasteiger partial charge on any atom is -0.397 e. The van der Waals surface area contributed by atoms with E-state index in [2.05, 4.69) is 23.7 Å². The summed E-state index contributed by atoms with van der Waals surface area (Å²) in [5.74, 6) is -0.0835. The Labute approximate surface area is 131 Å². The van der Waals surface area contributed by atoms with Crippen LogP contribution in [0.4, 0.5) is 5.69 Å². The summed E-state index contributed by atoms with van der Waals surface area (Å²) in [7, 11) is 1.84. The Bertz CT molecular complexity index is 512. The average Bonchev–Trinajstić information content (AvgIpc) is 2.48. The van der Waals surface area contributed by atoms with Crippen LogP contribution in [0.1, 0.15) is 37.0 Å². The first kappa shape index (κ1) is 16.0. The number of hydrogen-bond acceptors (Lipinski definition) is 4. The lowest BCUT2D eigenvalue weighted by molar-refractivity contribution is 0.0616. The van der Waals surface area contributed by atoms with Crippen molar-refractivity contribution in [1.82, 2.24) is 14.8 Å². The Hall–Kier alpha value is -1.33. The van der Waals surface area contributed by atoms with Crippen molar-refractivity contribution in [3.8, 4) is 0 Å². The number of piperidine rings is 1. The van der Waals surface area contributed by atoms with Crippen molar-refractivity contribution in [2.45, 2.75) is 38.8 Å². The number of nitrogen functional groups attached to an aromatic ring is 1. The normalized spacial score (nSPS) is 17.2. The van der Waals surface area contributed by atoms with Crippen molar-refractivity contribution in [1.29, 1.82) is 0 Å². The van der Waals surface area contributed by atoms with Gasteiger partial charge in [0.1, 0.15) is 5.15 Å². The van der Waals surface area contributed by atoms with Gasteiger partial charge in [0.15, 0.2) is 0 Å². The first-order valence-corrected chi connectivity index (χ1v) is 7.70. The highest BCUT2D eigenvalue weighted by atomic mass is 35.5. The Kier molecular flexibility index (Phi) is 5.06. The molecule has 2 N–H and O–H groups in total. The van der Waals surface area contributed by atoms with Crippen LogP contribution >= 0.6 is 11.6 Å². The van der Waals surface area contributed by atoms with E-state index in [1.807, 2.05) is 7.05 Å². The highest BCUT2D eigenvalue weighted by Gasteiger charge is 2.27. The molecule has 1 aliphatic rings. The quantitative estimate of drug-likeness (QED) is 0.870. The number of amides is 1. The number of carbonyl (C=O) groups is 1. The van der Waals surface area contributed by atoms with E-state index >= 15 is 0 Å². The van der Waals surface area contributed by atoms with Gasteiger partial charge in [-0.25, -0.2) is 4.98 Å². The van der Waals surface area contributed by atoms with Crippen LogP contribution in [0.25, 0.3) is 0 Å². The van der Waals surface area contributed by atoms with Crippen LogP contribution in [0.15, 0.2) is 12.3 Å². The third-order valence-electron chi connectivity index (χ3n) is 4.23. The molecule has 6 heteroatoms. The molecule has 1 aromatic heterocycles. The van der Waals surface area contributed by atoms with Gasteiger partial charge in [-0.1, -0.05) is 11.6 Å². The maximum atomic E-state index is 12.6. The van der Waals surface area contributed by atoms with Crippen molar-refractivity contribution in [2.75, 3.05) is 25.9 Å². The number of nitrogens with zero attached hydrogens (tertiary/aromatic N) is 3. The first-order valence-electron chi connectivity index (χ1n) is 7.32. The molecular weight excluding hydrogens is 288 g/mol. The van der Waals surface area contributed by atoms with E-state index in [9.17, 15) is 4.79 Å². The summed E-state index contributed by atoms with van der Waals surface area (Å²) in [4.78, 5) is 20.7.